The number of hydrogen-bond acceptors (Lipinski definition) is 6. The third-order valence-electron chi connectivity index (χ3n) is 6.06. The molecule has 6 nitrogen and oxygen atoms in total. The Bertz CT molecular complexity index is 1150. The van der Waals surface area contributed by atoms with E-state index in [1.165, 1.54) is 25.5 Å². The third-order valence-corrected chi connectivity index (χ3v) is 6.06. The number of esters is 1. The Hall–Kier alpha value is -3.18. The fourth-order valence-corrected chi connectivity index (χ4v) is 4.32. The van der Waals surface area contributed by atoms with Gasteiger partial charge in [0.15, 0.2) is 11.6 Å². The number of carbonyl (C=O) groups is 1. The van der Waals surface area contributed by atoms with Gasteiger partial charge in [-0.25, -0.2) is 9.18 Å². The maximum atomic E-state index is 14.0. The van der Waals surface area contributed by atoms with Crippen molar-refractivity contribution in [2.24, 2.45) is 0 Å². The number of carbonyl (C=O) groups excluding carboxylic acids is 1. The van der Waals surface area contributed by atoms with E-state index >= 15 is 0 Å². The van der Waals surface area contributed by atoms with Crippen molar-refractivity contribution >= 4 is 11.7 Å². The molecule has 0 saturated carbocycles. The van der Waals surface area contributed by atoms with Crippen LogP contribution in [0.3, 0.4) is 0 Å². The SMILES string of the molecule is CCOC(=O)/C(=C\Nc1cccc(CN2CCCCC2)c1)C1OC1c1cc(F)c(F)c(OC(F)(F)F)c1. The number of nitrogens with zero attached hydrogens (tertiary/aromatic N) is 1. The minimum atomic E-state index is -5.21. The highest BCUT2D eigenvalue weighted by Gasteiger charge is 2.47. The molecule has 2 saturated heterocycles. The van der Waals surface area contributed by atoms with Gasteiger partial charge in [-0.3, -0.25) is 4.90 Å². The summed E-state index contributed by atoms with van der Waals surface area (Å²) in [6.07, 6.45) is -2.15. The van der Waals surface area contributed by atoms with Crippen LogP contribution < -0.4 is 10.1 Å². The van der Waals surface area contributed by atoms with Crippen molar-refractivity contribution in [1.82, 2.24) is 4.90 Å². The van der Waals surface area contributed by atoms with Gasteiger partial charge in [0.1, 0.15) is 12.2 Å². The summed E-state index contributed by atoms with van der Waals surface area (Å²) in [5.74, 6) is -5.33. The van der Waals surface area contributed by atoms with Crippen LogP contribution in [0.15, 0.2) is 48.2 Å². The highest BCUT2D eigenvalue weighted by Crippen LogP contribution is 2.45. The minimum absolute atomic E-state index is 0.0521. The van der Waals surface area contributed by atoms with Gasteiger partial charge in [-0.1, -0.05) is 18.6 Å². The Morgan fingerprint density at radius 1 is 1.16 bits per heavy atom. The van der Waals surface area contributed by atoms with E-state index in [2.05, 4.69) is 15.0 Å². The molecule has 2 heterocycles. The molecule has 2 aliphatic rings. The van der Waals surface area contributed by atoms with Crippen LogP contribution >= 0.6 is 0 Å². The fraction of sp³-hybridized carbons (Fsp3) is 0.423. The van der Waals surface area contributed by atoms with E-state index < -0.39 is 41.9 Å². The van der Waals surface area contributed by atoms with E-state index in [-0.39, 0.29) is 17.7 Å². The molecule has 37 heavy (non-hydrogen) atoms. The van der Waals surface area contributed by atoms with Crippen molar-refractivity contribution in [1.29, 1.82) is 0 Å². The molecule has 0 amide bonds. The predicted molar refractivity (Wildman–Crippen MR) is 125 cm³/mol. The van der Waals surface area contributed by atoms with Gasteiger partial charge in [0.25, 0.3) is 0 Å². The van der Waals surface area contributed by atoms with Crippen LogP contribution in [0.2, 0.25) is 0 Å². The van der Waals surface area contributed by atoms with Crippen LogP contribution in [0, 0.1) is 11.6 Å². The number of anilines is 1. The molecule has 1 N–H and O–H groups in total. The summed E-state index contributed by atoms with van der Waals surface area (Å²) < 4.78 is 79.8. The summed E-state index contributed by atoms with van der Waals surface area (Å²) in [5, 5.41) is 3.05. The summed E-state index contributed by atoms with van der Waals surface area (Å²) in [7, 11) is 0. The molecule has 0 spiro atoms. The summed E-state index contributed by atoms with van der Waals surface area (Å²) >= 11 is 0. The lowest BCUT2D eigenvalue weighted by Crippen LogP contribution is -2.29. The van der Waals surface area contributed by atoms with E-state index in [1.807, 2.05) is 24.3 Å². The molecular weight excluding hydrogens is 499 g/mol. The van der Waals surface area contributed by atoms with Crippen molar-refractivity contribution in [3.05, 3.63) is 70.9 Å². The topological polar surface area (TPSA) is 63.3 Å². The zero-order valence-electron chi connectivity index (χ0n) is 20.1. The van der Waals surface area contributed by atoms with Gasteiger partial charge in [0.05, 0.1) is 12.2 Å². The first-order valence-electron chi connectivity index (χ1n) is 12.0. The monoisotopic (exact) mass is 526 g/mol. The zero-order chi connectivity index (χ0) is 26.6. The second kappa shape index (κ2) is 11.5. The minimum Gasteiger partial charge on any atom is -0.463 e. The average molecular weight is 527 g/mol. The van der Waals surface area contributed by atoms with E-state index in [0.717, 1.165) is 25.2 Å². The number of rotatable bonds is 9. The van der Waals surface area contributed by atoms with Crippen LogP contribution in [0.4, 0.5) is 27.6 Å². The molecule has 2 unspecified atom stereocenters. The average Bonchev–Trinajstić information content (AvgIpc) is 3.63. The normalized spacial score (nSPS) is 20.4. The van der Waals surface area contributed by atoms with Crippen molar-refractivity contribution in [3.8, 4) is 5.75 Å². The second-order valence-corrected chi connectivity index (χ2v) is 8.84. The molecule has 0 aliphatic carbocycles. The van der Waals surface area contributed by atoms with Crippen LogP contribution in [0.1, 0.15) is 43.4 Å². The molecule has 0 bridgehead atoms. The van der Waals surface area contributed by atoms with Gasteiger partial charge in [0, 0.05) is 18.4 Å². The molecule has 2 aromatic carbocycles. The molecule has 200 valence electrons. The molecule has 2 fully saturated rings. The lowest BCUT2D eigenvalue weighted by atomic mass is 10.0. The lowest BCUT2D eigenvalue weighted by Gasteiger charge is -2.26. The number of alkyl halides is 3. The Balaban J connectivity index is 1.51. The standard InChI is InChI=1S/C26H27F5N2O4/c1-2-35-25(34)19(14-32-18-8-6-7-16(11-18)15-33-9-4-3-5-10-33)24-23(36-24)17-12-20(27)22(28)21(13-17)37-26(29,30)31/h6-8,11-14,23-24,32H,2-5,9-10,15H2,1H3/b19-14-. The second-order valence-electron chi connectivity index (χ2n) is 8.84. The first-order valence-corrected chi connectivity index (χ1v) is 12.0. The van der Waals surface area contributed by atoms with Crippen LogP contribution in [0.25, 0.3) is 0 Å². The number of piperidine rings is 1. The molecular formula is C26H27F5N2O4. The van der Waals surface area contributed by atoms with Gasteiger partial charge in [-0.15, -0.1) is 13.2 Å². The quantitative estimate of drug-likeness (QED) is 0.192. The van der Waals surface area contributed by atoms with E-state index in [9.17, 15) is 26.7 Å². The van der Waals surface area contributed by atoms with E-state index in [4.69, 9.17) is 9.47 Å². The number of hydrogen-bond donors (Lipinski definition) is 1. The van der Waals surface area contributed by atoms with Gasteiger partial charge >= 0.3 is 12.3 Å². The van der Waals surface area contributed by atoms with Crippen molar-refractivity contribution in [2.45, 2.75) is 51.3 Å². The first-order chi connectivity index (χ1) is 17.6. The molecule has 2 atom stereocenters. The van der Waals surface area contributed by atoms with Gasteiger partial charge in [0.2, 0.25) is 5.82 Å². The van der Waals surface area contributed by atoms with Crippen molar-refractivity contribution < 1.29 is 41.0 Å². The Labute approximate surface area is 211 Å². The first kappa shape index (κ1) is 26.9. The molecule has 0 radical (unpaired) electrons. The summed E-state index contributed by atoms with van der Waals surface area (Å²) in [4.78, 5) is 15.0. The number of halogens is 5. The Kier molecular flexibility index (Phi) is 8.33. The number of benzene rings is 2. The van der Waals surface area contributed by atoms with E-state index in [0.29, 0.717) is 17.8 Å². The van der Waals surface area contributed by atoms with Gasteiger partial charge in [-0.2, -0.15) is 4.39 Å². The smallest absolute Gasteiger partial charge is 0.463 e. The molecule has 4 rings (SSSR count). The summed E-state index contributed by atoms with van der Waals surface area (Å²) in [6, 6.07) is 9.09. The molecule has 2 aliphatic heterocycles. The number of likely N-dealkylation sites (tertiary alicyclic amines) is 1. The number of ether oxygens (including phenoxy) is 3. The molecule has 11 heteroatoms. The summed E-state index contributed by atoms with van der Waals surface area (Å²) in [6.45, 7) is 4.59. The third kappa shape index (κ3) is 7.20. The van der Waals surface area contributed by atoms with Crippen LogP contribution in [-0.2, 0) is 20.8 Å². The maximum absolute atomic E-state index is 14.0. The van der Waals surface area contributed by atoms with Crippen molar-refractivity contribution in [2.75, 3.05) is 25.0 Å². The van der Waals surface area contributed by atoms with Crippen molar-refractivity contribution in [3.63, 3.8) is 0 Å². The highest BCUT2D eigenvalue weighted by atomic mass is 19.4. The Morgan fingerprint density at radius 3 is 2.62 bits per heavy atom. The van der Waals surface area contributed by atoms with Crippen LogP contribution in [0.5, 0.6) is 5.75 Å². The zero-order valence-corrected chi connectivity index (χ0v) is 20.1. The predicted octanol–water partition coefficient (Wildman–Crippen LogP) is 5.85. The lowest BCUT2D eigenvalue weighted by molar-refractivity contribution is -0.275. The maximum Gasteiger partial charge on any atom is 0.573 e. The van der Waals surface area contributed by atoms with E-state index in [1.54, 1.807) is 6.92 Å². The highest BCUT2D eigenvalue weighted by molar-refractivity contribution is 5.91. The number of epoxide rings is 1. The molecule has 2 aromatic rings. The van der Waals surface area contributed by atoms with Gasteiger partial charge in [-0.05, 0) is 68.2 Å². The summed E-state index contributed by atoms with van der Waals surface area (Å²) in [5.41, 5.74) is 1.75. The fourth-order valence-electron chi connectivity index (χ4n) is 4.32. The Morgan fingerprint density at radius 2 is 1.92 bits per heavy atom. The largest absolute Gasteiger partial charge is 0.573 e. The van der Waals surface area contributed by atoms with Gasteiger partial charge < -0.3 is 19.5 Å². The van der Waals surface area contributed by atoms with Crippen LogP contribution in [-0.4, -0.2) is 43.0 Å². The molecule has 0 aromatic heterocycles. The number of nitrogens with one attached hydrogen (secondary N) is 1.